The monoisotopic (exact) mass is 322 g/mol. The molecule has 3 rings (SSSR count). The molecule has 0 bridgehead atoms. The molecule has 1 atom stereocenters. The molecule has 128 valence electrons. The van der Waals surface area contributed by atoms with Gasteiger partial charge in [-0.3, -0.25) is 9.69 Å². The second-order valence-corrected chi connectivity index (χ2v) is 6.17. The number of rotatable bonds is 6. The molecule has 2 aliphatic rings. The Labute approximate surface area is 137 Å². The minimum Gasteiger partial charge on any atom is -0.467 e. The third-order valence-corrected chi connectivity index (χ3v) is 4.50. The van der Waals surface area contributed by atoms with Crippen LogP contribution < -0.4 is 0 Å². The smallest absolute Gasteiger partial charge is 0.257 e. The molecule has 0 spiro atoms. The minimum absolute atomic E-state index is 0.0278. The van der Waals surface area contributed by atoms with E-state index in [1.165, 1.54) is 0 Å². The van der Waals surface area contributed by atoms with Crippen molar-refractivity contribution in [2.75, 3.05) is 46.0 Å². The molecule has 1 aromatic heterocycles. The predicted octanol–water partition coefficient (Wildman–Crippen LogP) is 1.75. The fourth-order valence-electron chi connectivity index (χ4n) is 3.13. The Hall–Kier alpha value is -1.37. The first-order valence-corrected chi connectivity index (χ1v) is 8.54. The summed E-state index contributed by atoms with van der Waals surface area (Å²) in [7, 11) is 0. The Morgan fingerprint density at radius 2 is 2.17 bits per heavy atom. The van der Waals surface area contributed by atoms with Crippen molar-refractivity contribution in [3.63, 3.8) is 0 Å². The van der Waals surface area contributed by atoms with Gasteiger partial charge in [-0.05, 0) is 25.8 Å². The number of carbonyl (C=O) groups excluding carboxylic acids is 1. The van der Waals surface area contributed by atoms with Gasteiger partial charge in [0.25, 0.3) is 5.91 Å². The highest BCUT2D eigenvalue weighted by Gasteiger charge is 2.23. The first-order chi connectivity index (χ1) is 11.3. The first kappa shape index (κ1) is 16.5. The molecule has 2 fully saturated rings. The molecular weight excluding hydrogens is 296 g/mol. The van der Waals surface area contributed by atoms with E-state index in [0.29, 0.717) is 18.7 Å². The lowest BCUT2D eigenvalue weighted by Gasteiger charge is -2.25. The van der Waals surface area contributed by atoms with Crippen LogP contribution in [0.15, 0.2) is 16.7 Å². The standard InChI is InChI=1S/C17H26N2O4/c1-2-19(12-15-4-3-7-22-15)17(20)14-10-16(23-13-14)11-18-5-8-21-9-6-18/h10,13,15H,2-9,11-12H2,1H3. The number of morpholine rings is 1. The number of furan rings is 1. The highest BCUT2D eigenvalue weighted by molar-refractivity contribution is 5.94. The number of hydrogen-bond acceptors (Lipinski definition) is 5. The summed E-state index contributed by atoms with van der Waals surface area (Å²) in [5, 5.41) is 0. The highest BCUT2D eigenvalue weighted by atomic mass is 16.5. The van der Waals surface area contributed by atoms with Crippen LogP contribution in [0.3, 0.4) is 0 Å². The van der Waals surface area contributed by atoms with E-state index in [9.17, 15) is 4.79 Å². The summed E-state index contributed by atoms with van der Waals surface area (Å²) < 4.78 is 16.6. The number of hydrogen-bond donors (Lipinski definition) is 0. The van der Waals surface area contributed by atoms with Gasteiger partial charge in [-0.25, -0.2) is 0 Å². The van der Waals surface area contributed by atoms with Crippen molar-refractivity contribution in [1.82, 2.24) is 9.80 Å². The maximum Gasteiger partial charge on any atom is 0.257 e. The minimum atomic E-state index is 0.0278. The molecule has 3 heterocycles. The van der Waals surface area contributed by atoms with Gasteiger partial charge in [0.1, 0.15) is 12.0 Å². The predicted molar refractivity (Wildman–Crippen MR) is 85.4 cm³/mol. The van der Waals surface area contributed by atoms with Crippen molar-refractivity contribution in [2.45, 2.75) is 32.4 Å². The average molecular weight is 322 g/mol. The molecule has 0 N–H and O–H groups in total. The summed E-state index contributed by atoms with van der Waals surface area (Å²) >= 11 is 0. The number of nitrogens with zero attached hydrogens (tertiary/aromatic N) is 2. The molecular formula is C17H26N2O4. The average Bonchev–Trinajstić information content (AvgIpc) is 3.25. The van der Waals surface area contributed by atoms with Crippen LogP contribution in [-0.2, 0) is 16.0 Å². The van der Waals surface area contributed by atoms with E-state index < -0.39 is 0 Å². The quantitative estimate of drug-likeness (QED) is 0.799. The zero-order valence-corrected chi connectivity index (χ0v) is 13.8. The number of likely N-dealkylation sites (N-methyl/N-ethyl adjacent to an activating group) is 1. The number of carbonyl (C=O) groups is 1. The largest absolute Gasteiger partial charge is 0.467 e. The van der Waals surface area contributed by atoms with Gasteiger partial charge in [-0.15, -0.1) is 0 Å². The zero-order chi connectivity index (χ0) is 16.1. The Kier molecular flexibility index (Phi) is 5.70. The van der Waals surface area contributed by atoms with Crippen LogP contribution in [0.4, 0.5) is 0 Å². The van der Waals surface area contributed by atoms with Gasteiger partial charge in [-0.2, -0.15) is 0 Å². The van der Waals surface area contributed by atoms with Crippen molar-refractivity contribution in [1.29, 1.82) is 0 Å². The summed E-state index contributed by atoms with van der Waals surface area (Å²) in [5.41, 5.74) is 0.633. The van der Waals surface area contributed by atoms with Gasteiger partial charge in [-0.1, -0.05) is 0 Å². The Balaban J connectivity index is 1.57. The van der Waals surface area contributed by atoms with Gasteiger partial charge in [0.15, 0.2) is 0 Å². The summed E-state index contributed by atoms with van der Waals surface area (Å²) in [5.74, 6) is 0.864. The third kappa shape index (κ3) is 4.34. The normalized spacial score (nSPS) is 22.4. The van der Waals surface area contributed by atoms with Crippen molar-refractivity contribution in [2.24, 2.45) is 0 Å². The SMILES string of the molecule is CCN(CC1CCCO1)C(=O)c1coc(CN2CCOCC2)c1. The first-order valence-electron chi connectivity index (χ1n) is 8.54. The lowest BCUT2D eigenvalue weighted by molar-refractivity contribution is 0.0313. The maximum atomic E-state index is 12.6. The molecule has 0 saturated carbocycles. The molecule has 0 radical (unpaired) electrons. The topological polar surface area (TPSA) is 55.2 Å². The molecule has 0 aliphatic carbocycles. The van der Waals surface area contributed by atoms with Crippen LogP contribution >= 0.6 is 0 Å². The second kappa shape index (κ2) is 7.95. The van der Waals surface area contributed by atoms with Crippen molar-refractivity contribution in [3.05, 3.63) is 23.7 Å². The number of ether oxygens (including phenoxy) is 2. The lowest BCUT2D eigenvalue weighted by atomic mass is 10.2. The van der Waals surface area contributed by atoms with Gasteiger partial charge in [0.2, 0.25) is 0 Å². The zero-order valence-electron chi connectivity index (χ0n) is 13.8. The Bertz CT molecular complexity index is 504. The third-order valence-electron chi connectivity index (χ3n) is 4.50. The molecule has 0 aromatic carbocycles. The van der Waals surface area contributed by atoms with Crippen molar-refractivity contribution >= 4 is 5.91 Å². The van der Waals surface area contributed by atoms with Crippen LogP contribution in [0.5, 0.6) is 0 Å². The molecule has 23 heavy (non-hydrogen) atoms. The highest BCUT2D eigenvalue weighted by Crippen LogP contribution is 2.17. The second-order valence-electron chi connectivity index (χ2n) is 6.17. The fraction of sp³-hybridized carbons (Fsp3) is 0.706. The molecule has 2 aliphatic heterocycles. The molecule has 2 saturated heterocycles. The van der Waals surface area contributed by atoms with Gasteiger partial charge in [0.05, 0.1) is 31.4 Å². The van der Waals surface area contributed by atoms with E-state index in [4.69, 9.17) is 13.9 Å². The lowest BCUT2D eigenvalue weighted by Crippen LogP contribution is -2.37. The summed E-state index contributed by atoms with van der Waals surface area (Å²) in [6.07, 6.45) is 3.89. The van der Waals surface area contributed by atoms with Crippen LogP contribution in [0.2, 0.25) is 0 Å². The van der Waals surface area contributed by atoms with E-state index in [2.05, 4.69) is 4.90 Å². The summed E-state index contributed by atoms with van der Waals surface area (Å²) in [6.45, 7) is 8.23. The Morgan fingerprint density at radius 1 is 1.35 bits per heavy atom. The van der Waals surface area contributed by atoms with E-state index in [1.807, 2.05) is 17.9 Å². The van der Waals surface area contributed by atoms with Crippen LogP contribution in [0.1, 0.15) is 35.9 Å². The summed E-state index contributed by atoms with van der Waals surface area (Å²) in [4.78, 5) is 16.8. The molecule has 1 unspecified atom stereocenters. The maximum absolute atomic E-state index is 12.6. The van der Waals surface area contributed by atoms with E-state index >= 15 is 0 Å². The van der Waals surface area contributed by atoms with Crippen LogP contribution in [0.25, 0.3) is 0 Å². The number of amides is 1. The van der Waals surface area contributed by atoms with E-state index in [-0.39, 0.29) is 12.0 Å². The van der Waals surface area contributed by atoms with Crippen molar-refractivity contribution < 1.29 is 18.7 Å². The van der Waals surface area contributed by atoms with Gasteiger partial charge < -0.3 is 18.8 Å². The van der Waals surface area contributed by atoms with Gasteiger partial charge in [0, 0.05) is 32.8 Å². The molecule has 6 heteroatoms. The van der Waals surface area contributed by atoms with Crippen LogP contribution in [-0.4, -0.2) is 67.8 Å². The molecule has 1 aromatic rings. The van der Waals surface area contributed by atoms with Crippen molar-refractivity contribution in [3.8, 4) is 0 Å². The van der Waals surface area contributed by atoms with Gasteiger partial charge >= 0.3 is 0 Å². The summed E-state index contributed by atoms with van der Waals surface area (Å²) in [6, 6.07) is 1.87. The molecule has 1 amide bonds. The van der Waals surface area contributed by atoms with Crippen LogP contribution in [0, 0.1) is 0 Å². The van der Waals surface area contributed by atoms with E-state index in [1.54, 1.807) is 6.26 Å². The molecule has 6 nitrogen and oxygen atoms in total. The van der Waals surface area contributed by atoms with E-state index in [0.717, 1.165) is 58.1 Å². The Morgan fingerprint density at radius 3 is 2.87 bits per heavy atom. The fourth-order valence-corrected chi connectivity index (χ4v) is 3.13.